The Labute approximate surface area is 74.9 Å². The normalized spacial score (nSPS) is 10.8. The first-order chi connectivity index (χ1) is 6.33. The van der Waals surface area contributed by atoms with E-state index in [9.17, 15) is 5.21 Å². The fraction of sp³-hybridized carbons (Fsp3) is 0.250. The smallest absolute Gasteiger partial charge is 0.135 e. The van der Waals surface area contributed by atoms with E-state index in [1.54, 1.807) is 0 Å². The molecule has 0 saturated heterocycles. The fourth-order valence-electron chi connectivity index (χ4n) is 1.36. The van der Waals surface area contributed by atoms with E-state index >= 15 is 0 Å². The second-order valence-electron chi connectivity index (χ2n) is 2.79. The highest BCUT2D eigenvalue weighted by Gasteiger charge is 2.07. The van der Waals surface area contributed by atoms with Gasteiger partial charge in [0.25, 0.3) is 0 Å². The van der Waals surface area contributed by atoms with E-state index in [2.05, 4.69) is 15.6 Å². The average Bonchev–Trinajstić information content (AvgIpc) is 2.50. The maximum absolute atomic E-state index is 9.33. The molecule has 0 bridgehead atoms. The highest BCUT2D eigenvalue weighted by molar-refractivity contribution is 5.77. The standard InChI is InChI=1S/C8H10N4O/c1-9-5-6-3-2-4-7-8(6)12(13)11-10-7/h2-4,9,13H,5H2,1H3. The highest BCUT2D eigenvalue weighted by Crippen LogP contribution is 2.14. The summed E-state index contributed by atoms with van der Waals surface area (Å²) in [6, 6.07) is 5.63. The van der Waals surface area contributed by atoms with Crippen molar-refractivity contribution in [3.05, 3.63) is 23.8 Å². The Hall–Kier alpha value is -1.62. The minimum atomic E-state index is 0.664. The minimum Gasteiger partial charge on any atom is -0.410 e. The Kier molecular flexibility index (Phi) is 1.86. The molecule has 1 aromatic heterocycles. The summed E-state index contributed by atoms with van der Waals surface area (Å²) in [5.74, 6) is 0. The predicted octanol–water partition coefficient (Wildman–Crippen LogP) is 0.388. The number of nitrogens with zero attached hydrogens (tertiary/aromatic N) is 3. The average molecular weight is 178 g/mol. The molecule has 0 aliphatic carbocycles. The number of benzene rings is 1. The minimum absolute atomic E-state index is 0.664. The van der Waals surface area contributed by atoms with Gasteiger partial charge >= 0.3 is 0 Å². The lowest BCUT2D eigenvalue weighted by Gasteiger charge is -2.00. The first kappa shape index (κ1) is 8.00. The van der Waals surface area contributed by atoms with Gasteiger partial charge in [-0.05, 0) is 23.9 Å². The first-order valence-corrected chi connectivity index (χ1v) is 4.00. The summed E-state index contributed by atoms with van der Waals surface area (Å²) in [5.41, 5.74) is 2.35. The number of nitrogens with one attached hydrogen (secondary N) is 1. The lowest BCUT2D eigenvalue weighted by Crippen LogP contribution is -2.07. The molecule has 5 heteroatoms. The third kappa shape index (κ3) is 1.23. The van der Waals surface area contributed by atoms with Crippen LogP contribution in [-0.2, 0) is 6.54 Å². The van der Waals surface area contributed by atoms with Crippen LogP contribution in [0.5, 0.6) is 0 Å². The Bertz CT molecular complexity index is 423. The van der Waals surface area contributed by atoms with Gasteiger partial charge in [-0.15, -0.1) is 5.10 Å². The Morgan fingerprint density at radius 2 is 2.38 bits per heavy atom. The molecule has 5 nitrogen and oxygen atoms in total. The van der Waals surface area contributed by atoms with Gasteiger partial charge in [-0.25, -0.2) is 0 Å². The summed E-state index contributed by atoms with van der Waals surface area (Å²) in [4.78, 5) is 0.808. The van der Waals surface area contributed by atoms with Gasteiger partial charge in [0.2, 0.25) is 0 Å². The van der Waals surface area contributed by atoms with Crippen LogP contribution >= 0.6 is 0 Å². The molecule has 0 radical (unpaired) electrons. The van der Waals surface area contributed by atoms with Crippen molar-refractivity contribution in [1.29, 1.82) is 0 Å². The van der Waals surface area contributed by atoms with E-state index < -0.39 is 0 Å². The predicted molar refractivity (Wildman–Crippen MR) is 47.5 cm³/mol. The Morgan fingerprint density at radius 1 is 1.54 bits per heavy atom. The SMILES string of the molecule is CNCc1cccc2nnn(O)c12. The summed E-state index contributed by atoms with van der Waals surface area (Å²) in [5, 5.41) is 19.7. The van der Waals surface area contributed by atoms with Crippen LogP contribution in [0.3, 0.4) is 0 Å². The van der Waals surface area contributed by atoms with Crippen molar-refractivity contribution in [2.24, 2.45) is 0 Å². The molecule has 2 N–H and O–H groups in total. The van der Waals surface area contributed by atoms with Crippen molar-refractivity contribution in [2.75, 3.05) is 7.05 Å². The second-order valence-corrected chi connectivity index (χ2v) is 2.79. The van der Waals surface area contributed by atoms with Crippen molar-refractivity contribution < 1.29 is 5.21 Å². The molecule has 0 aliphatic heterocycles. The lowest BCUT2D eigenvalue weighted by molar-refractivity contribution is 0.154. The van der Waals surface area contributed by atoms with Gasteiger partial charge in [0, 0.05) is 6.54 Å². The van der Waals surface area contributed by atoms with Gasteiger partial charge < -0.3 is 10.5 Å². The molecule has 0 atom stereocenters. The molecule has 68 valence electrons. The van der Waals surface area contributed by atoms with E-state index in [1.165, 1.54) is 0 Å². The van der Waals surface area contributed by atoms with Gasteiger partial charge in [0.15, 0.2) is 0 Å². The third-order valence-corrected chi connectivity index (χ3v) is 1.90. The number of para-hydroxylation sites is 1. The van der Waals surface area contributed by atoms with Crippen molar-refractivity contribution in [3.8, 4) is 0 Å². The Morgan fingerprint density at radius 3 is 3.15 bits per heavy atom. The van der Waals surface area contributed by atoms with Gasteiger partial charge in [-0.3, -0.25) is 0 Å². The van der Waals surface area contributed by atoms with Gasteiger partial charge in [-0.1, -0.05) is 17.0 Å². The van der Waals surface area contributed by atoms with Crippen LogP contribution in [0.2, 0.25) is 0 Å². The quantitative estimate of drug-likeness (QED) is 0.653. The van der Waals surface area contributed by atoms with Crippen LogP contribution in [0.25, 0.3) is 11.0 Å². The van der Waals surface area contributed by atoms with Gasteiger partial charge in [0.1, 0.15) is 11.0 Å². The Balaban J connectivity index is 2.65. The molecule has 13 heavy (non-hydrogen) atoms. The van der Waals surface area contributed by atoms with Crippen LogP contribution < -0.4 is 5.32 Å². The molecule has 0 saturated carbocycles. The maximum atomic E-state index is 9.33. The van der Waals surface area contributed by atoms with E-state index in [4.69, 9.17) is 0 Å². The zero-order valence-electron chi connectivity index (χ0n) is 7.23. The largest absolute Gasteiger partial charge is 0.410 e. The highest BCUT2D eigenvalue weighted by atomic mass is 16.5. The molecule has 0 aliphatic rings. The zero-order chi connectivity index (χ0) is 9.26. The molecule has 1 aromatic carbocycles. The van der Waals surface area contributed by atoms with Crippen LogP contribution in [0.15, 0.2) is 18.2 Å². The molecule has 2 rings (SSSR count). The molecule has 0 spiro atoms. The zero-order valence-corrected chi connectivity index (χ0v) is 7.23. The van der Waals surface area contributed by atoms with Crippen LogP contribution in [-0.4, -0.2) is 27.4 Å². The van der Waals surface area contributed by atoms with Crippen molar-refractivity contribution in [3.63, 3.8) is 0 Å². The number of rotatable bonds is 2. The molecule has 2 aromatic rings. The third-order valence-electron chi connectivity index (χ3n) is 1.90. The van der Waals surface area contributed by atoms with E-state index in [-0.39, 0.29) is 0 Å². The summed E-state index contributed by atoms with van der Waals surface area (Å²) < 4.78 is 0. The molecular formula is C8H10N4O. The summed E-state index contributed by atoms with van der Waals surface area (Å²) in [6.45, 7) is 0.686. The van der Waals surface area contributed by atoms with Crippen molar-refractivity contribution >= 4 is 11.0 Å². The monoisotopic (exact) mass is 178 g/mol. The molecular weight excluding hydrogens is 168 g/mol. The maximum Gasteiger partial charge on any atom is 0.135 e. The van der Waals surface area contributed by atoms with Crippen LogP contribution in [0.4, 0.5) is 0 Å². The van der Waals surface area contributed by atoms with Gasteiger partial charge in [-0.2, -0.15) is 0 Å². The van der Waals surface area contributed by atoms with E-state index in [1.807, 2.05) is 25.2 Å². The summed E-state index contributed by atoms with van der Waals surface area (Å²) in [6.07, 6.45) is 0. The molecule has 1 heterocycles. The van der Waals surface area contributed by atoms with E-state index in [0.29, 0.717) is 17.6 Å². The number of hydrogen-bond acceptors (Lipinski definition) is 4. The van der Waals surface area contributed by atoms with Crippen molar-refractivity contribution in [1.82, 2.24) is 20.5 Å². The fourth-order valence-corrected chi connectivity index (χ4v) is 1.36. The number of hydrogen-bond donors (Lipinski definition) is 2. The first-order valence-electron chi connectivity index (χ1n) is 4.00. The van der Waals surface area contributed by atoms with E-state index in [0.717, 1.165) is 10.4 Å². The topological polar surface area (TPSA) is 63.0 Å². The van der Waals surface area contributed by atoms with Gasteiger partial charge in [0.05, 0.1) is 0 Å². The number of fused-ring (bicyclic) bond motifs is 1. The van der Waals surface area contributed by atoms with Crippen molar-refractivity contribution in [2.45, 2.75) is 6.54 Å². The summed E-state index contributed by atoms with van der Waals surface area (Å²) >= 11 is 0. The van der Waals surface area contributed by atoms with Crippen LogP contribution in [0, 0.1) is 0 Å². The number of aromatic nitrogens is 3. The lowest BCUT2D eigenvalue weighted by atomic mass is 10.2. The molecule has 0 unspecified atom stereocenters. The molecule has 0 fully saturated rings. The molecule has 0 amide bonds. The van der Waals surface area contributed by atoms with Crippen LogP contribution in [0.1, 0.15) is 5.56 Å². The summed E-state index contributed by atoms with van der Waals surface area (Å²) in [7, 11) is 1.85. The second kappa shape index (κ2) is 3.02.